The number of rotatable bonds is 15. The minimum absolute atomic E-state index is 1.18. The Hall–Kier alpha value is -2.86. The van der Waals surface area contributed by atoms with E-state index in [1.165, 1.54) is 32.1 Å². The van der Waals surface area contributed by atoms with Gasteiger partial charge in [0, 0.05) is 0 Å². The maximum atomic E-state index is 3.61. The highest BCUT2D eigenvalue weighted by molar-refractivity contribution is 5.22. The molecule has 0 aliphatic carbocycles. The van der Waals surface area contributed by atoms with Crippen LogP contribution in [0.25, 0.3) is 0 Å². The van der Waals surface area contributed by atoms with Crippen LogP contribution in [0.3, 0.4) is 0 Å². The van der Waals surface area contributed by atoms with Gasteiger partial charge in [-0.15, -0.1) is 0 Å². The van der Waals surface area contributed by atoms with Crippen LogP contribution in [0, 0.1) is 0 Å². The van der Waals surface area contributed by atoms with Crippen LogP contribution >= 0.6 is 0 Å². The molecule has 0 aliphatic heterocycles. The Morgan fingerprint density at radius 2 is 0.786 bits per heavy atom. The summed E-state index contributed by atoms with van der Waals surface area (Å²) in [6.07, 6.45) is 48.6. The predicted octanol–water partition coefficient (Wildman–Crippen LogP) is 8.70. The monoisotopic (exact) mass is 372 g/mol. The van der Waals surface area contributed by atoms with Gasteiger partial charge >= 0.3 is 0 Å². The van der Waals surface area contributed by atoms with E-state index in [1.54, 1.807) is 6.08 Å². The second-order valence-electron chi connectivity index (χ2n) is 5.98. The maximum Gasteiger partial charge on any atom is -0.0348 e. The Kier molecular flexibility index (Phi) is 21.7. The molecule has 0 amide bonds. The minimum atomic E-state index is 1.18. The summed E-state index contributed by atoms with van der Waals surface area (Å²) in [5.74, 6) is 0. The lowest BCUT2D eigenvalue weighted by Crippen LogP contribution is -1.72. The molecule has 0 N–H and O–H groups in total. The van der Waals surface area contributed by atoms with Crippen molar-refractivity contribution in [1.29, 1.82) is 0 Å². The zero-order valence-corrected chi connectivity index (χ0v) is 17.4. The zero-order chi connectivity index (χ0) is 20.4. The summed E-state index contributed by atoms with van der Waals surface area (Å²) in [4.78, 5) is 0. The summed E-state index contributed by atoms with van der Waals surface area (Å²) in [6.45, 7) is 5.86. The van der Waals surface area contributed by atoms with E-state index in [9.17, 15) is 0 Å². The van der Waals surface area contributed by atoms with Gasteiger partial charge < -0.3 is 0 Å². The van der Waals surface area contributed by atoms with Gasteiger partial charge in [-0.1, -0.05) is 160 Å². The molecule has 0 saturated heterocycles. The highest BCUT2D eigenvalue weighted by atomic mass is 13.9. The third kappa shape index (κ3) is 23.1. The Labute approximate surface area is 173 Å². The van der Waals surface area contributed by atoms with Crippen molar-refractivity contribution in [2.45, 2.75) is 39.0 Å². The number of hydrogen-bond acceptors (Lipinski definition) is 0. The molecule has 0 aromatic carbocycles. The molecule has 0 aromatic heterocycles. The molecule has 0 spiro atoms. The predicted molar refractivity (Wildman–Crippen MR) is 130 cm³/mol. The molecule has 28 heavy (non-hydrogen) atoms. The Balaban J connectivity index is 3.82. The van der Waals surface area contributed by atoms with Gasteiger partial charge in [0.15, 0.2) is 0 Å². The lowest BCUT2D eigenvalue weighted by molar-refractivity contribution is 0.674. The van der Waals surface area contributed by atoms with Crippen LogP contribution in [0.5, 0.6) is 0 Å². The van der Waals surface area contributed by atoms with E-state index in [4.69, 9.17) is 0 Å². The maximum absolute atomic E-state index is 3.61. The van der Waals surface area contributed by atoms with E-state index in [0.29, 0.717) is 0 Å². The molecule has 0 heteroatoms. The van der Waals surface area contributed by atoms with Gasteiger partial charge in [-0.05, 0) is 12.8 Å². The van der Waals surface area contributed by atoms with Gasteiger partial charge in [0.25, 0.3) is 0 Å². The van der Waals surface area contributed by atoms with Gasteiger partial charge in [-0.25, -0.2) is 0 Å². The average molecular weight is 373 g/mol. The second kappa shape index (κ2) is 24.1. The van der Waals surface area contributed by atoms with E-state index in [-0.39, 0.29) is 0 Å². The van der Waals surface area contributed by atoms with Gasteiger partial charge in [-0.2, -0.15) is 0 Å². The number of allylic oxidation sites excluding steroid dienone is 21. The molecule has 148 valence electrons. The fourth-order valence-corrected chi connectivity index (χ4v) is 2.03. The van der Waals surface area contributed by atoms with Crippen molar-refractivity contribution in [3.05, 3.63) is 134 Å². The van der Waals surface area contributed by atoms with Crippen LogP contribution in [0.4, 0.5) is 0 Å². The summed E-state index contributed by atoms with van der Waals surface area (Å²) in [5.41, 5.74) is 0. The topological polar surface area (TPSA) is 0 Å². The van der Waals surface area contributed by atoms with Crippen LogP contribution in [0.2, 0.25) is 0 Å². The van der Waals surface area contributed by atoms with Crippen LogP contribution in [0.15, 0.2) is 134 Å². The number of hydrogen-bond donors (Lipinski definition) is 0. The first kappa shape index (κ1) is 25.1. The summed E-state index contributed by atoms with van der Waals surface area (Å²) in [6, 6.07) is 0. The molecule has 0 saturated carbocycles. The van der Waals surface area contributed by atoms with E-state index in [1.807, 2.05) is 97.2 Å². The Morgan fingerprint density at radius 1 is 0.429 bits per heavy atom. The fourth-order valence-electron chi connectivity index (χ4n) is 2.03. The number of unbranched alkanes of at least 4 members (excludes halogenated alkanes) is 4. The van der Waals surface area contributed by atoms with E-state index in [2.05, 4.69) is 37.8 Å². The van der Waals surface area contributed by atoms with Crippen molar-refractivity contribution in [2.24, 2.45) is 0 Å². The van der Waals surface area contributed by atoms with Gasteiger partial charge in [0.2, 0.25) is 0 Å². The smallest absolute Gasteiger partial charge is 0.0348 e. The average Bonchev–Trinajstić information content (AvgIpc) is 2.71. The first-order valence-electron chi connectivity index (χ1n) is 10.2. The van der Waals surface area contributed by atoms with E-state index >= 15 is 0 Å². The van der Waals surface area contributed by atoms with Gasteiger partial charge in [-0.3, -0.25) is 0 Å². The van der Waals surface area contributed by atoms with Crippen molar-refractivity contribution in [3.8, 4) is 0 Å². The molecular weight excluding hydrogens is 336 g/mol. The van der Waals surface area contributed by atoms with Crippen LogP contribution in [0.1, 0.15) is 39.0 Å². The fraction of sp³-hybridized carbons (Fsp3) is 0.214. The highest BCUT2D eigenvalue weighted by Crippen LogP contribution is 2.02. The summed E-state index contributed by atoms with van der Waals surface area (Å²) in [7, 11) is 0. The first-order valence-corrected chi connectivity index (χ1v) is 10.2. The third-order valence-electron chi connectivity index (χ3n) is 3.50. The zero-order valence-electron chi connectivity index (χ0n) is 17.4. The summed E-state index contributed by atoms with van der Waals surface area (Å²) >= 11 is 0. The second-order valence-corrected chi connectivity index (χ2v) is 5.98. The van der Waals surface area contributed by atoms with Crippen molar-refractivity contribution in [2.75, 3.05) is 0 Å². The van der Waals surface area contributed by atoms with Crippen LogP contribution in [-0.4, -0.2) is 0 Å². The van der Waals surface area contributed by atoms with E-state index in [0.717, 1.165) is 0 Å². The van der Waals surface area contributed by atoms with Crippen molar-refractivity contribution in [1.82, 2.24) is 0 Å². The molecule has 0 unspecified atom stereocenters. The van der Waals surface area contributed by atoms with E-state index < -0.39 is 0 Å². The highest BCUT2D eigenvalue weighted by Gasteiger charge is 1.82. The molecule has 0 aliphatic rings. The third-order valence-corrected chi connectivity index (χ3v) is 3.50. The lowest BCUT2D eigenvalue weighted by Gasteiger charge is -1.92. The molecule has 0 heterocycles. The largest absolute Gasteiger partial charge is 0.0991 e. The van der Waals surface area contributed by atoms with Crippen molar-refractivity contribution in [3.63, 3.8) is 0 Å². The quantitative estimate of drug-likeness (QED) is 0.199. The van der Waals surface area contributed by atoms with Gasteiger partial charge in [0.1, 0.15) is 0 Å². The molecule has 0 bridgehead atoms. The normalized spacial score (nSPS) is 14.0. The lowest BCUT2D eigenvalue weighted by atomic mass is 10.1. The molecule has 0 radical (unpaired) electrons. The Bertz CT molecular complexity index is 638. The summed E-state index contributed by atoms with van der Waals surface area (Å²) in [5, 5.41) is 0. The Morgan fingerprint density at radius 3 is 1.14 bits per heavy atom. The molecule has 0 nitrogen and oxygen atoms in total. The van der Waals surface area contributed by atoms with Crippen molar-refractivity contribution < 1.29 is 0 Å². The van der Waals surface area contributed by atoms with Crippen LogP contribution < -0.4 is 0 Å². The molecule has 0 fully saturated rings. The standard InChI is InChI=1S/C28H36/c1-3-5-7-9-11-13-15-17-19-21-23-25-27-28-26-24-22-20-18-16-14-12-10-8-6-4-2/h3,5,7,9,11,13-28H,1,4,6,8,10,12H2,2H3. The van der Waals surface area contributed by atoms with Gasteiger partial charge in [0.05, 0.1) is 0 Å². The molecule has 0 aromatic rings. The minimum Gasteiger partial charge on any atom is -0.0991 e. The molecular formula is C28H36. The summed E-state index contributed by atoms with van der Waals surface area (Å²) < 4.78 is 0. The SMILES string of the molecule is C=CC=CC=CC=CC=CC=CC=CC=CC=CC=CC=CCCCCCC. The van der Waals surface area contributed by atoms with Crippen LogP contribution in [-0.2, 0) is 0 Å². The first-order chi connectivity index (χ1) is 13.9. The van der Waals surface area contributed by atoms with Crippen molar-refractivity contribution >= 4 is 0 Å². The molecule has 0 rings (SSSR count). The molecule has 0 atom stereocenters.